The van der Waals surface area contributed by atoms with Gasteiger partial charge in [0.1, 0.15) is 17.6 Å². The van der Waals surface area contributed by atoms with Crippen molar-refractivity contribution in [1.29, 1.82) is 5.26 Å². The molecule has 2 aromatic heterocycles. The number of hydrogen-bond acceptors (Lipinski definition) is 6. The molecule has 0 aliphatic heterocycles. The Kier molecular flexibility index (Phi) is 8.43. The molecule has 10 heteroatoms. The Bertz CT molecular complexity index is 1100. The van der Waals surface area contributed by atoms with Crippen LogP contribution in [-0.2, 0) is 11.2 Å². The molecule has 0 unspecified atom stereocenters. The normalized spacial score (nSPS) is 10.1. The number of rotatable bonds is 9. The van der Waals surface area contributed by atoms with Gasteiger partial charge in [-0.15, -0.1) is 0 Å². The SMILES string of the molecule is N#Cc1ccc(NC(=O)Nc2cc(Cl)ccc2OCCCNC(=O)Cc2ccsc2)nc1. The first-order valence-corrected chi connectivity index (χ1v) is 11.0. The topological polar surface area (TPSA) is 116 Å². The fourth-order valence-electron chi connectivity index (χ4n) is 2.65. The van der Waals surface area contributed by atoms with Crippen molar-refractivity contribution in [3.05, 3.63) is 69.5 Å². The number of benzene rings is 1. The van der Waals surface area contributed by atoms with E-state index >= 15 is 0 Å². The molecule has 0 aliphatic rings. The van der Waals surface area contributed by atoms with Gasteiger partial charge in [-0.2, -0.15) is 16.6 Å². The van der Waals surface area contributed by atoms with Crippen molar-refractivity contribution in [2.75, 3.05) is 23.8 Å². The smallest absolute Gasteiger partial charge is 0.324 e. The van der Waals surface area contributed by atoms with Crippen LogP contribution in [0.5, 0.6) is 5.75 Å². The highest BCUT2D eigenvalue weighted by Crippen LogP contribution is 2.28. The average molecular weight is 470 g/mol. The molecular weight excluding hydrogens is 450 g/mol. The van der Waals surface area contributed by atoms with Crippen molar-refractivity contribution in [2.24, 2.45) is 0 Å². The maximum atomic E-state index is 12.3. The number of urea groups is 1. The van der Waals surface area contributed by atoms with E-state index in [0.717, 1.165) is 5.56 Å². The third-order valence-electron chi connectivity index (χ3n) is 4.17. The van der Waals surface area contributed by atoms with Crippen LogP contribution in [0.4, 0.5) is 16.3 Å². The monoisotopic (exact) mass is 469 g/mol. The third kappa shape index (κ3) is 7.27. The lowest BCUT2D eigenvalue weighted by atomic mass is 10.2. The van der Waals surface area contributed by atoms with E-state index in [-0.39, 0.29) is 5.91 Å². The van der Waals surface area contributed by atoms with E-state index in [1.165, 1.54) is 12.3 Å². The van der Waals surface area contributed by atoms with E-state index in [0.29, 0.717) is 53.8 Å². The predicted molar refractivity (Wildman–Crippen MR) is 124 cm³/mol. The highest BCUT2D eigenvalue weighted by atomic mass is 35.5. The Morgan fingerprint density at radius 1 is 1.19 bits per heavy atom. The van der Waals surface area contributed by atoms with Gasteiger partial charge in [-0.05, 0) is 59.1 Å². The van der Waals surface area contributed by atoms with Gasteiger partial charge in [0, 0.05) is 17.8 Å². The molecule has 3 rings (SSSR count). The highest BCUT2D eigenvalue weighted by molar-refractivity contribution is 7.08. The number of carbonyl (C=O) groups is 2. The number of aromatic nitrogens is 1. The highest BCUT2D eigenvalue weighted by Gasteiger charge is 2.10. The van der Waals surface area contributed by atoms with Crippen LogP contribution in [0.15, 0.2) is 53.4 Å². The maximum absolute atomic E-state index is 12.3. The summed E-state index contributed by atoms with van der Waals surface area (Å²) in [6.07, 6.45) is 2.32. The molecule has 1 aromatic carbocycles. The summed E-state index contributed by atoms with van der Waals surface area (Å²) >= 11 is 7.61. The van der Waals surface area contributed by atoms with Crippen LogP contribution < -0.4 is 20.7 Å². The lowest BCUT2D eigenvalue weighted by Crippen LogP contribution is -2.27. The number of ether oxygens (including phenoxy) is 1. The number of nitriles is 1. The molecule has 0 atom stereocenters. The zero-order valence-electron chi connectivity index (χ0n) is 16.9. The number of nitrogens with one attached hydrogen (secondary N) is 3. The summed E-state index contributed by atoms with van der Waals surface area (Å²) < 4.78 is 5.76. The maximum Gasteiger partial charge on any atom is 0.324 e. The summed E-state index contributed by atoms with van der Waals surface area (Å²) in [7, 11) is 0. The van der Waals surface area contributed by atoms with Gasteiger partial charge in [0.2, 0.25) is 5.91 Å². The van der Waals surface area contributed by atoms with E-state index in [2.05, 4.69) is 20.9 Å². The molecule has 3 aromatic rings. The van der Waals surface area contributed by atoms with E-state index in [9.17, 15) is 9.59 Å². The minimum Gasteiger partial charge on any atom is -0.491 e. The molecule has 0 radical (unpaired) electrons. The summed E-state index contributed by atoms with van der Waals surface area (Å²) in [5, 5.41) is 21.2. The number of carbonyl (C=O) groups excluding carboxylic acids is 2. The van der Waals surface area contributed by atoms with Gasteiger partial charge in [-0.25, -0.2) is 9.78 Å². The molecule has 3 amide bonds. The van der Waals surface area contributed by atoms with Crippen LogP contribution >= 0.6 is 22.9 Å². The van der Waals surface area contributed by atoms with Crippen LogP contribution in [0.3, 0.4) is 0 Å². The summed E-state index contributed by atoms with van der Waals surface area (Å²) in [5.74, 6) is 0.705. The Hall–Kier alpha value is -3.61. The number of amides is 3. The van der Waals surface area contributed by atoms with Crippen LogP contribution in [0.25, 0.3) is 0 Å². The summed E-state index contributed by atoms with van der Waals surface area (Å²) in [6, 6.07) is 11.3. The summed E-state index contributed by atoms with van der Waals surface area (Å²) in [6.45, 7) is 0.817. The van der Waals surface area contributed by atoms with Crippen LogP contribution in [-0.4, -0.2) is 30.1 Å². The zero-order chi connectivity index (χ0) is 22.8. The molecule has 0 saturated carbocycles. The molecule has 0 spiro atoms. The Labute approximate surface area is 194 Å². The predicted octanol–water partition coefficient (Wildman–Crippen LogP) is 4.44. The largest absolute Gasteiger partial charge is 0.491 e. The lowest BCUT2D eigenvalue weighted by Gasteiger charge is -2.14. The number of hydrogen-bond donors (Lipinski definition) is 3. The second-order valence-corrected chi connectivity index (χ2v) is 7.84. The van der Waals surface area contributed by atoms with Crippen LogP contribution in [0, 0.1) is 11.3 Å². The molecular formula is C22H20ClN5O3S. The molecule has 164 valence electrons. The minimum absolute atomic E-state index is 0.0367. The Morgan fingerprint density at radius 2 is 2.06 bits per heavy atom. The Balaban J connectivity index is 1.46. The number of thiophene rings is 1. The fourth-order valence-corrected chi connectivity index (χ4v) is 3.49. The summed E-state index contributed by atoms with van der Waals surface area (Å²) in [5.41, 5.74) is 1.78. The molecule has 0 fully saturated rings. The Morgan fingerprint density at radius 3 is 2.78 bits per heavy atom. The van der Waals surface area contributed by atoms with E-state index < -0.39 is 6.03 Å². The second kappa shape index (κ2) is 11.7. The van der Waals surface area contributed by atoms with Crippen molar-refractivity contribution in [3.8, 4) is 11.8 Å². The first-order valence-electron chi connectivity index (χ1n) is 9.68. The molecule has 8 nitrogen and oxygen atoms in total. The molecule has 0 aliphatic carbocycles. The number of pyridine rings is 1. The van der Waals surface area contributed by atoms with Crippen molar-refractivity contribution < 1.29 is 14.3 Å². The molecule has 32 heavy (non-hydrogen) atoms. The van der Waals surface area contributed by atoms with Gasteiger partial charge in [-0.3, -0.25) is 10.1 Å². The zero-order valence-corrected chi connectivity index (χ0v) is 18.5. The van der Waals surface area contributed by atoms with Gasteiger partial charge in [0.05, 0.1) is 24.3 Å². The lowest BCUT2D eigenvalue weighted by molar-refractivity contribution is -0.120. The van der Waals surface area contributed by atoms with Gasteiger partial charge in [0.25, 0.3) is 0 Å². The second-order valence-electron chi connectivity index (χ2n) is 6.62. The minimum atomic E-state index is -0.532. The van der Waals surface area contributed by atoms with Crippen molar-refractivity contribution in [2.45, 2.75) is 12.8 Å². The quantitative estimate of drug-likeness (QED) is 0.400. The number of halogens is 1. The van der Waals surface area contributed by atoms with Crippen molar-refractivity contribution in [3.63, 3.8) is 0 Å². The standard InChI is InChI=1S/C22H20ClN5O3S/c23-17-3-4-19(31-8-1-7-25-21(29)10-15-6-9-32-14-15)18(11-17)27-22(30)28-20-5-2-16(12-24)13-26-20/h2-6,9,11,13-14H,1,7-8,10H2,(H,25,29)(H2,26,27,28,30). The van der Waals surface area contributed by atoms with E-state index in [1.54, 1.807) is 35.6 Å². The average Bonchev–Trinajstić information content (AvgIpc) is 3.28. The first kappa shape index (κ1) is 23.1. The van der Waals surface area contributed by atoms with Crippen LogP contribution in [0.1, 0.15) is 17.5 Å². The van der Waals surface area contributed by atoms with Crippen LogP contribution in [0.2, 0.25) is 5.02 Å². The molecule has 0 bridgehead atoms. The fraction of sp³-hybridized carbons (Fsp3) is 0.182. The number of nitrogens with zero attached hydrogens (tertiary/aromatic N) is 2. The van der Waals surface area contributed by atoms with Crippen molar-refractivity contribution >= 4 is 46.4 Å². The van der Waals surface area contributed by atoms with Gasteiger partial charge in [-0.1, -0.05) is 11.6 Å². The summed E-state index contributed by atoms with van der Waals surface area (Å²) in [4.78, 5) is 28.2. The van der Waals surface area contributed by atoms with Gasteiger partial charge >= 0.3 is 6.03 Å². The molecule has 2 heterocycles. The third-order valence-corrected chi connectivity index (χ3v) is 5.14. The van der Waals surface area contributed by atoms with E-state index in [1.807, 2.05) is 22.9 Å². The van der Waals surface area contributed by atoms with Gasteiger partial charge < -0.3 is 15.4 Å². The first-order chi connectivity index (χ1) is 15.5. The van der Waals surface area contributed by atoms with E-state index in [4.69, 9.17) is 21.6 Å². The number of anilines is 2. The van der Waals surface area contributed by atoms with Gasteiger partial charge in [0.15, 0.2) is 0 Å². The molecule has 0 saturated heterocycles. The van der Waals surface area contributed by atoms with Crippen molar-refractivity contribution in [1.82, 2.24) is 10.3 Å². The molecule has 3 N–H and O–H groups in total.